The molecule has 1 aliphatic carbocycles. The van der Waals surface area contributed by atoms with Gasteiger partial charge in [-0.25, -0.2) is 9.37 Å². The predicted octanol–water partition coefficient (Wildman–Crippen LogP) is 2.86. The minimum Gasteiger partial charge on any atom is -0.392 e. The van der Waals surface area contributed by atoms with E-state index < -0.39 is 24.2 Å². The number of fused-ring (bicyclic) bond motifs is 1. The lowest BCUT2D eigenvalue weighted by atomic mass is 9.93. The predicted molar refractivity (Wildman–Crippen MR) is 146 cm³/mol. The van der Waals surface area contributed by atoms with Crippen molar-refractivity contribution >= 4 is 23.5 Å². The quantitative estimate of drug-likeness (QED) is 0.325. The highest BCUT2D eigenvalue weighted by Gasteiger charge is 2.33. The number of benzene rings is 2. The van der Waals surface area contributed by atoms with Crippen LogP contribution < -0.4 is 16.4 Å². The zero-order valence-electron chi connectivity index (χ0n) is 21.9. The highest BCUT2D eigenvalue weighted by Crippen LogP contribution is 2.42. The average molecular weight is 542 g/mol. The first kappa shape index (κ1) is 25.6. The molecule has 0 bridgehead atoms. The number of hydrogen-bond acceptors (Lipinski definition) is 7. The van der Waals surface area contributed by atoms with Gasteiger partial charge in [0.25, 0.3) is 11.8 Å². The Balaban J connectivity index is 1.35. The fourth-order valence-corrected chi connectivity index (χ4v) is 5.47. The van der Waals surface area contributed by atoms with E-state index in [9.17, 15) is 14.7 Å². The van der Waals surface area contributed by atoms with E-state index in [2.05, 4.69) is 15.0 Å². The number of carbonyl (C=O) groups is 2. The first-order valence-corrected chi connectivity index (χ1v) is 13.1. The van der Waals surface area contributed by atoms with Crippen LogP contribution >= 0.6 is 0 Å². The molecule has 11 heteroatoms. The molecule has 204 valence electrons. The van der Waals surface area contributed by atoms with Crippen LogP contribution in [-0.4, -0.2) is 43.0 Å². The Morgan fingerprint density at radius 2 is 1.98 bits per heavy atom. The Hall–Kier alpha value is -4.64. The van der Waals surface area contributed by atoms with E-state index in [0.29, 0.717) is 47.2 Å². The van der Waals surface area contributed by atoms with Crippen molar-refractivity contribution in [3.63, 3.8) is 0 Å². The highest BCUT2D eigenvalue weighted by atomic mass is 19.1. The summed E-state index contributed by atoms with van der Waals surface area (Å²) in [4.78, 5) is 39.8. The smallest absolute Gasteiger partial charge is 0.265 e. The third kappa shape index (κ3) is 4.58. The summed E-state index contributed by atoms with van der Waals surface area (Å²) < 4.78 is 16.8. The zero-order chi connectivity index (χ0) is 28.1. The maximum Gasteiger partial charge on any atom is 0.265 e. The molecule has 4 aromatic rings. The van der Waals surface area contributed by atoms with Gasteiger partial charge in [-0.2, -0.15) is 9.97 Å². The number of aromatic nitrogens is 4. The molecule has 2 aromatic heterocycles. The monoisotopic (exact) mass is 541 g/mol. The Morgan fingerprint density at radius 3 is 2.67 bits per heavy atom. The lowest BCUT2D eigenvalue weighted by molar-refractivity contribution is 0.0972. The van der Waals surface area contributed by atoms with Crippen molar-refractivity contribution in [1.29, 1.82) is 0 Å². The second-order valence-electron chi connectivity index (χ2n) is 10.3. The molecular formula is C29H28FN7O3. The van der Waals surface area contributed by atoms with Gasteiger partial charge in [-0.05, 0) is 60.1 Å². The Labute approximate surface area is 229 Å². The van der Waals surface area contributed by atoms with Gasteiger partial charge in [0.05, 0.1) is 17.9 Å². The minimum absolute atomic E-state index is 0.0168. The number of amides is 2. The highest BCUT2D eigenvalue weighted by molar-refractivity contribution is 6.09. The van der Waals surface area contributed by atoms with Crippen molar-refractivity contribution in [3.05, 3.63) is 87.7 Å². The van der Waals surface area contributed by atoms with Gasteiger partial charge >= 0.3 is 0 Å². The van der Waals surface area contributed by atoms with Gasteiger partial charge in [0, 0.05) is 37.3 Å². The summed E-state index contributed by atoms with van der Waals surface area (Å²) in [5.74, 6) is -0.553. The van der Waals surface area contributed by atoms with Crippen LogP contribution in [0.25, 0.3) is 11.4 Å². The molecule has 2 aliphatic rings. The van der Waals surface area contributed by atoms with Crippen molar-refractivity contribution in [1.82, 2.24) is 19.5 Å². The first-order chi connectivity index (χ1) is 19.2. The number of nitrogens with zero attached hydrogens (tertiary/aromatic N) is 5. The fourth-order valence-electron chi connectivity index (χ4n) is 5.47. The van der Waals surface area contributed by atoms with Gasteiger partial charge in [0.1, 0.15) is 17.3 Å². The molecule has 5 N–H and O–H groups in total. The normalized spacial score (nSPS) is 14.9. The van der Waals surface area contributed by atoms with Crippen molar-refractivity contribution in [2.24, 2.45) is 12.8 Å². The van der Waals surface area contributed by atoms with Gasteiger partial charge in [0.15, 0.2) is 5.82 Å². The minimum atomic E-state index is -0.549. The summed E-state index contributed by atoms with van der Waals surface area (Å²) in [5, 5.41) is 10.4. The number of aryl methyl sites for hydroxylation is 1. The van der Waals surface area contributed by atoms with Crippen molar-refractivity contribution < 1.29 is 19.1 Å². The number of halogens is 1. The number of aliphatic hydroxyl groups is 1. The van der Waals surface area contributed by atoms with Gasteiger partial charge in [-0.3, -0.25) is 9.59 Å². The van der Waals surface area contributed by atoms with E-state index in [1.54, 1.807) is 42.1 Å². The van der Waals surface area contributed by atoms with Crippen LogP contribution in [0.3, 0.4) is 0 Å². The summed E-state index contributed by atoms with van der Waals surface area (Å²) in [6.07, 6.45) is 4.62. The van der Waals surface area contributed by atoms with Gasteiger partial charge in [-0.1, -0.05) is 18.2 Å². The second-order valence-corrected chi connectivity index (χ2v) is 10.3. The Kier molecular flexibility index (Phi) is 6.30. The van der Waals surface area contributed by atoms with Crippen molar-refractivity contribution in [3.8, 4) is 11.4 Å². The maximum absolute atomic E-state index is 15.2. The zero-order valence-corrected chi connectivity index (χ0v) is 21.9. The fraction of sp³-hybridized carbons (Fsp3) is 0.276. The van der Waals surface area contributed by atoms with E-state index in [4.69, 9.17) is 11.5 Å². The number of anilines is 2. The molecule has 0 saturated heterocycles. The summed E-state index contributed by atoms with van der Waals surface area (Å²) in [6.45, 7) is -0.0660. The summed E-state index contributed by atoms with van der Waals surface area (Å²) in [6, 6.07) is 10.3. The summed E-state index contributed by atoms with van der Waals surface area (Å²) >= 11 is 0. The van der Waals surface area contributed by atoms with Gasteiger partial charge in [-0.15, -0.1) is 0 Å². The molecule has 40 heavy (non-hydrogen) atoms. The van der Waals surface area contributed by atoms with E-state index in [1.165, 1.54) is 11.0 Å². The van der Waals surface area contributed by atoms with Crippen LogP contribution in [-0.2, 0) is 26.5 Å². The number of hydrogen-bond donors (Lipinski definition) is 3. The molecule has 0 unspecified atom stereocenters. The molecule has 6 rings (SSSR count). The third-order valence-corrected chi connectivity index (χ3v) is 7.52. The van der Waals surface area contributed by atoms with Crippen LogP contribution in [0.1, 0.15) is 67.7 Å². The van der Waals surface area contributed by atoms with Crippen LogP contribution in [0.15, 0.2) is 42.6 Å². The number of primary amides is 1. The van der Waals surface area contributed by atoms with Crippen LogP contribution in [0.4, 0.5) is 16.0 Å². The van der Waals surface area contributed by atoms with E-state index in [1.807, 2.05) is 6.07 Å². The summed E-state index contributed by atoms with van der Waals surface area (Å²) in [5.41, 5.74) is 15.7. The molecule has 2 aromatic carbocycles. The molecule has 10 nitrogen and oxygen atoms in total. The molecule has 1 saturated carbocycles. The number of nitrogens with two attached hydrogens (primary N) is 2. The second kappa shape index (κ2) is 9.83. The van der Waals surface area contributed by atoms with Crippen molar-refractivity contribution in [2.75, 3.05) is 17.2 Å². The molecule has 0 radical (unpaired) electrons. The topological polar surface area (TPSA) is 153 Å². The Bertz CT molecular complexity index is 1680. The number of carbonyl (C=O) groups excluding carboxylic acids is 2. The molecule has 1 aliphatic heterocycles. The van der Waals surface area contributed by atoms with Crippen LogP contribution in [0.2, 0.25) is 0 Å². The van der Waals surface area contributed by atoms with Crippen molar-refractivity contribution in [2.45, 2.75) is 38.2 Å². The van der Waals surface area contributed by atoms with E-state index in [-0.39, 0.29) is 23.8 Å². The Morgan fingerprint density at radius 1 is 1.18 bits per heavy atom. The lowest BCUT2D eigenvalue weighted by Crippen LogP contribution is -2.39. The standard InChI is InChI=1S/C29H28FN7O3/c1-36-13-15(9-23(36)26(31)39)10-24-33-27(35-29(32)34-24)19-3-2-4-22(20(19)14-38)37-8-7-17-11-18(16-5-6-16)12-21(30)25(17)28(37)40/h2-4,9,11-13,16,38H,5-8,10,14H2,1H3,(H2,31,39)(H2,32,33,34,35). The van der Waals surface area contributed by atoms with Gasteiger partial charge in [0.2, 0.25) is 5.95 Å². The average Bonchev–Trinajstić information content (AvgIpc) is 3.70. The van der Waals surface area contributed by atoms with E-state index in [0.717, 1.165) is 29.5 Å². The first-order valence-electron chi connectivity index (χ1n) is 13.1. The van der Waals surface area contributed by atoms with E-state index >= 15 is 4.39 Å². The molecule has 3 heterocycles. The maximum atomic E-state index is 15.2. The largest absolute Gasteiger partial charge is 0.392 e. The number of aliphatic hydroxyl groups excluding tert-OH is 1. The number of rotatable bonds is 7. The molecule has 0 spiro atoms. The summed E-state index contributed by atoms with van der Waals surface area (Å²) in [7, 11) is 1.72. The molecule has 1 fully saturated rings. The molecule has 2 amide bonds. The SMILES string of the molecule is Cn1cc(Cc2nc(N)nc(-c3cccc(N4CCc5cc(C6CC6)cc(F)c5C4=O)c3CO)n2)cc1C(N)=O. The van der Waals surface area contributed by atoms with Gasteiger partial charge < -0.3 is 26.0 Å². The number of nitrogen functional groups attached to an aromatic ring is 1. The van der Waals surface area contributed by atoms with Crippen LogP contribution in [0, 0.1) is 5.82 Å². The third-order valence-electron chi connectivity index (χ3n) is 7.52. The van der Waals surface area contributed by atoms with Crippen LogP contribution in [0.5, 0.6) is 0 Å². The molecular weight excluding hydrogens is 513 g/mol. The lowest BCUT2D eigenvalue weighted by Gasteiger charge is -2.31. The molecule has 0 atom stereocenters.